The number of benzene rings is 1. The van der Waals surface area contributed by atoms with Gasteiger partial charge in [-0.1, -0.05) is 0 Å². The quantitative estimate of drug-likeness (QED) is 0.913. The third-order valence-electron chi connectivity index (χ3n) is 2.50. The fourth-order valence-electron chi connectivity index (χ4n) is 1.63. The molecule has 1 aliphatic rings. The van der Waals surface area contributed by atoms with Gasteiger partial charge in [-0.25, -0.2) is 4.98 Å². The molecule has 0 fully saturated rings. The summed E-state index contributed by atoms with van der Waals surface area (Å²) in [5.74, 6) is 2.20. The van der Waals surface area contributed by atoms with Gasteiger partial charge in [-0.2, -0.15) is 0 Å². The molecule has 1 aromatic heterocycles. The van der Waals surface area contributed by atoms with Crippen LogP contribution in [0.4, 0.5) is 0 Å². The summed E-state index contributed by atoms with van der Waals surface area (Å²) >= 11 is 1.54. The zero-order valence-electron chi connectivity index (χ0n) is 9.59. The second-order valence-corrected chi connectivity index (χ2v) is 4.68. The largest absolute Gasteiger partial charge is 0.487 e. The molecule has 3 rings (SSSR count). The van der Waals surface area contributed by atoms with Crippen LogP contribution in [-0.2, 0) is 13.2 Å². The van der Waals surface area contributed by atoms with Crippen molar-refractivity contribution in [3.8, 4) is 17.2 Å². The number of ether oxygens (including phenoxy) is 3. The van der Waals surface area contributed by atoms with Crippen molar-refractivity contribution in [1.82, 2.24) is 4.98 Å². The number of rotatable bonds is 4. The molecule has 0 saturated carbocycles. The first kappa shape index (κ1) is 11.3. The van der Waals surface area contributed by atoms with Gasteiger partial charge in [0.15, 0.2) is 11.5 Å². The van der Waals surface area contributed by atoms with Crippen LogP contribution in [0.15, 0.2) is 23.6 Å². The average molecular weight is 264 g/mol. The van der Waals surface area contributed by atoms with Gasteiger partial charge in [-0.05, 0) is 12.1 Å². The summed E-state index contributed by atoms with van der Waals surface area (Å²) in [7, 11) is 0. The van der Waals surface area contributed by atoms with Crippen LogP contribution in [0.5, 0.6) is 17.2 Å². The Labute approximate surface area is 108 Å². The van der Waals surface area contributed by atoms with Crippen LogP contribution in [0.2, 0.25) is 0 Å². The minimum absolute atomic E-state index is 0.269. The summed E-state index contributed by atoms with van der Waals surface area (Å²) < 4.78 is 16.2. The van der Waals surface area contributed by atoms with Crippen LogP contribution >= 0.6 is 11.3 Å². The van der Waals surface area contributed by atoms with E-state index in [1.807, 2.05) is 23.6 Å². The molecule has 0 saturated heterocycles. The molecule has 1 aliphatic heterocycles. The number of thiazole rings is 1. The fourth-order valence-corrected chi connectivity index (χ4v) is 2.29. The Morgan fingerprint density at radius 3 is 3.06 bits per heavy atom. The Balaban J connectivity index is 1.66. The first-order valence-electron chi connectivity index (χ1n) is 5.51. The first-order chi connectivity index (χ1) is 8.85. The summed E-state index contributed by atoms with van der Waals surface area (Å²) in [6.07, 6.45) is 0. The Bertz CT molecular complexity index is 556. The van der Waals surface area contributed by atoms with Gasteiger partial charge in [-0.3, -0.25) is 0 Å². The van der Waals surface area contributed by atoms with Gasteiger partial charge in [0.2, 0.25) is 6.79 Å². The van der Waals surface area contributed by atoms with E-state index < -0.39 is 0 Å². The molecule has 0 amide bonds. The lowest BCUT2D eigenvalue weighted by Gasteiger charge is -2.04. The van der Waals surface area contributed by atoms with Crippen LogP contribution in [0, 0.1) is 0 Å². The lowest BCUT2D eigenvalue weighted by Crippen LogP contribution is -1.98. The zero-order chi connectivity index (χ0) is 12.4. The lowest BCUT2D eigenvalue weighted by atomic mass is 10.3. The smallest absolute Gasteiger partial charge is 0.231 e. The van der Waals surface area contributed by atoms with E-state index in [1.54, 1.807) is 11.3 Å². The van der Waals surface area contributed by atoms with E-state index in [-0.39, 0.29) is 6.79 Å². The minimum Gasteiger partial charge on any atom is -0.487 e. The van der Waals surface area contributed by atoms with E-state index in [9.17, 15) is 0 Å². The van der Waals surface area contributed by atoms with Gasteiger partial charge in [0.05, 0.1) is 5.69 Å². The van der Waals surface area contributed by atoms with Gasteiger partial charge in [-0.15, -0.1) is 11.3 Å². The van der Waals surface area contributed by atoms with Crippen LogP contribution in [-0.4, -0.2) is 11.8 Å². The van der Waals surface area contributed by atoms with Crippen molar-refractivity contribution in [2.75, 3.05) is 6.79 Å². The number of fused-ring (bicyclic) bond motifs is 1. The summed E-state index contributed by atoms with van der Waals surface area (Å²) in [6.45, 7) is 1.16. The van der Waals surface area contributed by atoms with Crippen molar-refractivity contribution >= 4 is 11.3 Å². The van der Waals surface area contributed by atoms with Gasteiger partial charge < -0.3 is 19.9 Å². The van der Waals surface area contributed by atoms with Gasteiger partial charge in [0, 0.05) is 18.0 Å². The van der Waals surface area contributed by atoms with E-state index in [4.69, 9.17) is 19.9 Å². The van der Waals surface area contributed by atoms with Gasteiger partial charge in [0.1, 0.15) is 17.4 Å². The zero-order valence-corrected chi connectivity index (χ0v) is 10.4. The van der Waals surface area contributed by atoms with E-state index in [0.717, 1.165) is 22.2 Å². The molecule has 2 aromatic rings. The van der Waals surface area contributed by atoms with Crippen molar-refractivity contribution in [3.63, 3.8) is 0 Å². The SMILES string of the molecule is NCc1nc(COc2ccc3c(c2)OCO3)cs1. The molecule has 2 N–H and O–H groups in total. The monoisotopic (exact) mass is 264 g/mol. The molecule has 1 aromatic carbocycles. The summed E-state index contributed by atoms with van der Waals surface area (Å²) in [4.78, 5) is 4.33. The van der Waals surface area contributed by atoms with Crippen molar-refractivity contribution in [1.29, 1.82) is 0 Å². The number of hydrogen-bond donors (Lipinski definition) is 1. The van der Waals surface area contributed by atoms with Crippen LogP contribution in [0.25, 0.3) is 0 Å². The minimum atomic E-state index is 0.269. The number of nitrogens with zero attached hydrogens (tertiary/aromatic N) is 1. The van der Waals surface area contributed by atoms with E-state index in [0.29, 0.717) is 18.9 Å². The van der Waals surface area contributed by atoms with Crippen LogP contribution < -0.4 is 19.9 Å². The topological polar surface area (TPSA) is 66.6 Å². The highest BCUT2D eigenvalue weighted by Gasteiger charge is 2.13. The maximum Gasteiger partial charge on any atom is 0.231 e. The Kier molecular flexibility index (Phi) is 3.04. The van der Waals surface area contributed by atoms with E-state index >= 15 is 0 Å². The molecule has 6 heteroatoms. The van der Waals surface area contributed by atoms with Crippen molar-refractivity contribution < 1.29 is 14.2 Å². The average Bonchev–Trinajstić information content (AvgIpc) is 3.04. The molecular weight excluding hydrogens is 252 g/mol. The van der Waals surface area contributed by atoms with Gasteiger partial charge >= 0.3 is 0 Å². The number of nitrogens with two attached hydrogens (primary N) is 1. The Morgan fingerprint density at radius 2 is 2.22 bits per heavy atom. The Hall–Kier alpha value is -1.79. The molecule has 0 bridgehead atoms. The van der Waals surface area contributed by atoms with E-state index in [2.05, 4.69) is 4.98 Å². The third kappa shape index (κ3) is 2.25. The second kappa shape index (κ2) is 4.83. The van der Waals surface area contributed by atoms with Gasteiger partial charge in [0.25, 0.3) is 0 Å². The summed E-state index contributed by atoms with van der Waals surface area (Å²) in [5.41, 5.74) is 6.40. The van der Waals surface area contributed by atoms with Crippen molar-refractivity contribution in [3.05, 3.63) is 34.3 Å². The number of aromatic nitrogens is 1. The Morgan fingerprint density at radius 1 is 1.33 bits per heavy atom. The molecule has 94 valence electrons. The molecule has 5 nitrogen and oxygen atoms in total. The maximum atomic E-state index is 5.64. The summed E-state index contributed by atoms with van der Waals surface area (Å²) in [6, 6.07) is 5.51. The molecule has 2 heterocycles. The summed E-state index contributed by atoms with van der Waals surface area (Å²) in [5, 5.41) is 2.87. The van der Waals surface area contributed by atoms with Crippen molar-refractivity contribution in [2.45, 2.75) is 13.2 Å². The second-order valence-electron chi connectivity index (χ2n) is 3.74. The third-order valence-corrected chi connectivity index (χ3v) is 3.42. The fraction of sp³-hybridized carbons (Fsp3) is 0.250. The molecule has 0 aliphatic carbocycles. The van der Waals surface area contributed by atoms with Crippen LogP contribution in [0.3, 0.4) is 0 Å². The first-order valence-corrected chi connectivity index (χ1v) is 6.39. The molecule has 18 heavy (non-hydrogen) atoms. The normalized spacial score (nSPS) is 12.7. The number of hydrogen-bond acceptors (Lipinski definition) is 6. The molecule has 0 spiro atoms. The standard InChI is InChI=1S/C12H12N2O3S/c13-4-12-14-8(6-18-12)5-15-9-1-2-10-11(3-9)17-7-16-10/h1-3,6H,4-5,7,13H2. The lowest BCUT2D eigenvalue weighted by molar-refractivity contribution is 0.173. The highest BCUT2D eigenvalue weighted by Crippen LogP contribution is 2.35. The molecule has 0 unspecified atom stereocenters. The van der Waals surface area contributed by atoms with Crippen LogP contribution in [0.1, 0.15) is 10.7 Å². The predicted octanol–water partition coefficient (Wildman–Crippen LogP) is 1.91. The maximum absolute atomic E-state index is 5.64. The van der Waals surface area contributed by atoms with E-state index in [1.165, 1.54) is 0 Å². The predicted molar refractivity (Wildman–Crippen MR) is 66.9 cm³/mol. The molecule has 0 atom stereocenters. The highest BCUT2D eigenvalue weighted by molar-refractivity contribution is 7.09. The molecule has 0 radical (unpaired) electrons. The highest BCUT2D eigenvalue weighted by atomic mass is 32.1. The van der Waals surface area contributed by atoms with Crippen molar-refractivity contribution in [2.24, 2.45) is 5.73 Å². The molecular formula is C12H12N2O3S.